The maximum Gasteiger partial charge on any atom is 0.113 e. The van der Waals surface area contributed by atoms with Crippen molar-refractivity contribution in [2.24, 2.45) is 0 Å². The molecule has 0 bridgehead atoms. The van der Waals surface area contributed by atoms with Gasteiger partial charge in [0.1, 0.15) is 7.28 Å². The first-order chi connectivity index (χ1) is 3.18. The summed E-state index contributed by atoms with van der Waals surface area (Å²) in [5, 5.41) is 8.79. The topological polar surface area (TPSA) is 20.2 Å². The monoisotopic (exact) mass is 99.1 g/mol. The number of aliphatic hydroxyl groups excluding tert-OH is 1. The first-order valence-electron chi connectivity index (χ1n) is 2.66. The second-order valence-corrected chi connectivity index (χ2v) is 1.93. The maximum absolute atomic E-state index is 8.79. The van der Waals surface area contributed by atoms with Gasteiger partial charge in [0.15, 0.2) is 0 Å². The van der Waals surface area contributed by atoms with E-state index in [1.165, 1.54) is 0 Å². The van der Waals surface area contributed by atoms with Crippen molar-refractivity contribution < 1.29 is 5.11 Å². The molecule has 0 saturated heterocycles. The highest BCUT2D eigenvalue weighted by atomic mass is 16.3. The van der Waals surface area contributed by atoms with E-state index in [2.05, 4.69) is 0 Å². The van der Waals surface area contributed by atoms with Gasteiger partial charge in [-0.15, -0.1) is 0 Å². The summed E-state index contributed by atoms with van der Waals surface area (Å²) < 4.78 is 0. The average Bonchev–Trinajstić information content (AvgIpc) is 1.65. The molecule has 7 heavy (non-hydrogen) atoms. The Morgan fingerprint density at radius 2 is 1.86 bits per heavy atom. The van der Waals surface area contributed by atoms with Crippen LogP contribution in [0.4, 0.5) is 0 Å². The smallest absolute Gasteiger partial charge is 0.113 e. The van der Waals surface area contributed by atoms with E-state index in [1.54, 1.807) is 6.92 Å². The van der Waals surface area contributed by atoms with Crippen molar-refractivity contribution in [3.63, 3.8) is 0 Å². The molecule has 0 spiro atoms. The van der Waals surface area contributed by atoms with E-state index in [0.29, 0.717) is 5.82 Å². The highest BCUT2D eigenvalue weighted by Gasteiger charge is 2.04. The molecule has 0 saturated carbocycles. The van der Waals surface area contributed by atoms with Gasteiger partial charge in [0, 0.05) is 6.10 Å². The van der Waals surface area contributed by atoms with Crippen LogP contribution in [-0.2, 0) is 0 Å². The largest absolute Gasteiger partial charge is 0.394 e. The molecule has 41 valence electrons. The van der Waals surface area contributed by atoms with E-state index < -0.39 is 0 Å². The highest BCUT2D eigenvalue weighted by Crippen LogP contribution is 2.05. The van der Waals surface area contributed by atoms with Gasteiger partial charge < -0.3 is 5.11 Å². The number of aliphatic hydroxyl groups is 1. The molecule has 0 aromatic carbocycles. The van der Waals surface area contributed by atoms with Crippen molar-refractivity contribution >= 4 is 7.28 Å². The molecule has 0 heterocycles. The molecule has 1 radical (unpaired) electrons. The van der Waals surface area contributed by atoms with E-state index in [4.69, 9.17) is 5.11 Å². The van der Waals surface area contributed by atoms with Crippen molar-refractivity contribution in [1.29, 1.82) is 0 Å². The normalized spacial score (nSPS) is 18.3. The molecule has 0 amide bonds. The molecule has 0 aromatic heterocycles. The number of hydrogen-bond donors (Lipinski definition) is 1. The summed E-state index contributed by atoms with van der Waals surface area (Å²) in [4.78, 5) is 0. The van der Waals surface area contributed by atoms with Crippen LogP contribution in [0.15, 0.2) is 0 Å². The summed E-state index contributed by atoms with van der Waals surface area (Å²) >= 11 is 0. The molecule has 2 atom stereocenters. The third-order valence-electron chi connectivity index (χ3n) is 1.29. The van der Waals surface area contributed by atoms with E-state index in [-0.39, 0.29) is 6.10 Å². The van der Waals surface area contributed by atoms with Crippen molar-refractivity contribution in [3.8, 4) is 0 Å². The molecule has 2 unspecified atom stereocenters. The molecule has 0 aliphatic heterocycles. The average molecular weight is 99.0 g/mol. The minimum atomic E-state index is -0.190. The van der Waals surface area contributed by atoms with Gasteiger partial charge in [0.25, 0.3) is 0 Å². The van der Waals surface area contributed by atoms with Gasteiger partial charge in [0.2, 0.25) is 0 Å². The molecule has 1 nitrogen and oxygen atoms in total. The van der Waals surface area contributed by atoms with Crippen LogP contribution in [0, 0.1) is 0 Å². The second kappa shape index (κ2) is 3.08. The Hall–Kier alpha value is 0.0249. The fourth-order valence-corrected chi connectivity index (χ4v) is 0.279. The molecule has 0 aliphatic rings. The number of rotatable bonds is 2. The third-order valence-corrected chi connectivity index (χ3v) is 1.29. The standard InChI is InChI=1S/C5H12BO/c1-4(6-3)5(2)7/h4-5,7H,1-3H3. The third kappa shape index (κ3) is 2.69. The van der Waals surface area contributed by atoms with Gasteiger partial charge >= 0.3 is 0 Å². The summed E-state index contributed by atoms with van der Waals surface area (Å²) in [5.74, 6) is 0.333. The van der Waals surface area contributed by atoms with Gasteiger partial charge in [-0.25, -0.2) is 0 Å². The Bertz CT molecular complexity index is 45.3. The van der Waals surface area contributed by atoms with Crippen LogP contribution in [0.25, 0.3) is 0 Å². The molecular formula is C5H12BO. The molecule has 0 fully saturated rings. The predicted molar refractivity (Wildman–Crippen MR) is 32.7 cm³/mol. The lowest BCUT2D eigenvalue weighted by atomic mass is 9.66. The molecule has 0 aromatic rings. The first-order valence-corrected chi connectivity index (χ1v) is 2.66. The van der Waals surface area contributed by atoms with Crippen LogP contribution >= 0.6 is 0 Å². The summed E-state index contributed by atoms with van der Waals surface area (Å²) in [6, 6.07) is 0. The lowest BCUT2D eigenvalue weighted by Crippen LogP contribution is -2.10. The van der Waals surface area contributed by atoms with Gasteiger partial charge in [-0.1, -0.05) is 13.7 Å². The van der Waals surface area contributed by atoms with Gasteiger partial charge in [-0.05, 0) is 12.7 Å². The van der Waals surface area contributed by atoms with Gasteiger partial charge in [-0.2, -0.15) is 0 Å². The van der Waals surface area contributed by atoms with Crippen LogP contribution in [0.2, 0.25) is 12.6 Å². The Labute approximate surface area is 46.0 Å². The number of hydrogen-bond acceptors (Lipinski definition) is 1. The van der Waals surface area contributed by atoms with E-state index >= 15 is 0 Å². The zero-order valence-corrected chi connectivity index (χ0v) is 5.18. The summed E-state index contributed by atoms with van der Waals surface area (Å²) in [7, 11) is 1.99. The summed E-state index contributed by atoms with van der Waals surface area (Å²) in [6.07, 6.45) is -0.190. The van der Waals surface area contributed by atoms with Crippen molar-refractivity contribution in [1.82, 2.24) is 0 Å². The Kier molecular flexibility index (Phi) is 3.09. The predicted octanol–water partition coefficient (Wildman–Crippen LogP) is 0.928. The quantitative estimate of drug-likeness (QED) is 0.510. The van der Waals surface area contributed by atoms with Gasteiger partial charge in [-0.3, -0.25) is 0 Å². The van der Waals surface area contributed by atoms with Crippen molar-refractivity contribution in [3.05, 3.63) is 0 Å². The lowest BCUT2D eigenvalue weighted by molar-refractivity contribution is 0.190. The van der Waals surface area contributed by atoms with Crippen LogP contribution in [-0.4, -0.2) is 18.5 Å². The first kappa shape index (κ1) is 7.02. The SMILES string of the molecule is C[B]C(C)C(C)O. The molecular weight excluding hydrogens is 86.9 g/mol. The van der Waals surface area contributed by atoms with Crippen LogP contribution < -0.4 is 0 Å². The van der Waals surface area contributed by atoms with E-state index in [1.807, 2.05) is 21.0 Å². The Balaban J connectivity index is 3.14. The van der Waals surface area contributed by atoms with Crippen LogP contribution in [0.5, 0.6) is 0 Å². The molecule has 0 rings (SSSR count). The molecule has 2 heteroatoms. The molecule has 1 N–H and O–H groups in total. The van der Waals surface area contributed by atoms with E-state index in [9.17, 15) is 0 Å². The van der Waals surface area contributed by atoms with Crippen molar-refractivity contribution in [2.45, 2.75) is 32.6 Å². The minimum absolute atomic E-state index is 0.190. The lowest BCUT2D eigenvalue weighted by Gasteiger charge is -2.08. The maximum atomic E-state index is 8.79. The second-order valence-electron chi connectivity index (χ2n) is 1.93. The molecule has 0 aliphatic carbocycles. The van der Waals surface area contributed by atoms with E-state index in [0.717, 1.165) is 0 Å². The summed E-state index contributed by atoms with van der Waals surface area (Å²) in [5.41, 5.74) is 0. The highest BCUT2D eigenvalue weighted by molar-refractivity contribution is 6.35. The zero-order chi connectivity index (χ0) is 5.86. The van der Waals surface area contributed by atoms with Crippen LogP contribution in [0.3, 0.4) is 0 Å². The Morgan fingerprint density at radius 3 is 1.86 bits per heavy atom. The fraction of sp³-hybridized carbons (Fsp3) is 1.00. The summed E-state index contributed by atoms with van der Waals surface area (Å²) in [6.45, 7) is 5.74. The van der Waals surface area contributed by atoms with Crippen LogP contribution in [0.1, 0.15) is 13.8 Å². The minimum Gasteiger partial charge on any atom is -0.394 e. The van der Waals surface area contributed by atoms with Gasteiger partial charge in [0.05, 0.1) is 0 Å². The van der Waals surface area contributed by atoms with Crippen molar-refractivity contribution in [2.75, 3.05) is 0 Å². The zero-order valence-electron chi connectivity index (χ0n) is 5.18. The Morgan fingerprint density at radius 1 is 1.43 bits per heavy atom. The fourth-order valence-electron chi connectivity index (χ4n) is 0.279.